The summed E-state index contributed by atoms with van der Waals surface area (Å²) in [5.74, 6) is -0.470. The topological polar surface area (TPSA) is 46.5 Å². The number of aliphatic carboxylic acids is 1. The Labute approximate surface area is 141 Å². The molecule has 1 N–H and O–H groups in total. The minimum atomic E-state index is -1.01. The zero-order chi connectivity index (χ0) is 17.0. The summed E-state index contributed by atoms with van der Waals surface area (Å²) in [4.78, 5) is 11.5. The van der Waals surface area contributed by atoms with Gasteiger partial charge < -0.3 is 9.84 Å². The van der Waals surface area contributed by atoms with Crippen molar-refractivity contribution in [2.75, 3.05) is 0 Å². The molecule has 122 valence electrons. The van der Waals surface area contributed by atoms with E-state index in [-0.39, 0.29) is 11.8 Å². The molecule has 0 aliphatic heterocycles. The number of carboxylic acids is 1. The molecule has 0 heterocycles. The minimum Gasteiger partial charge on any atom is -0.478 e. The Morgan fingerprint density at radius 3 is 2.26 bits per heavy atom. The fourth-order valence-corrected chi connectivity index (χ4v) is 2.45. The molecule has 2 aromatic rings. The average Bonchev–Trinajstić information content (AvgIpc) is 2.48. The van der Waals surface area contributed by atoms with E-state index in [1.54, 1.807) is 6.07 Å². The molecule has 1 atom stereocenters. The lowest BCUT2D eigenvalue weighted by molar-refractivity contribution is -0.145. The van der Waals surface area contributed by atoms with Gasteiger partial charge in [-0.3, -0.25) is 0 Å². The van der Waals surface area contributed by atoms with E-state index in [1.165, 1.54) is 5.56 Å². The van der Waals surface area contributed by atoms with Crippen molar-refractivity contribution in [3.63, 3.8) is 0 Å². The number of carboxylic acid groups (broad SMARTS) is 1. The molecular weight excluding hydrogens is 312 g/mol. The monoisotopic (exact) mass is 332 g/mol. The fraction of sp³-hybridized carbons (Fsp3) is 0.316. The van der Waals surface area contributed by atoms with Crippen molar-refractivity contribution in [1.29, 1.82) is 0 Å². The number of hydrogen-bond donors (Lipinski definition) is 1. The summed E-state index contributed by atoms with van der Waals surface area (Å²) in [5, 5.41) is 9.95. The number of ether oxygens (including phenoxy) is 1. The summed E-state index contributed by atoms with van der Waals surface area (Å²) in [6.45, 7) is 6.38. The smallest absolute Gasteiger partial charge is 0.345 e. The maximum Gasteiger partial charge on any atom is 0.345 e. The van der Waals surface area contributed by atoms with Gasteiger partial charge in [0.25, 0.3) is 0 Å². The molecule has 0 bridgehead atoms. The van der Waals surface area contributed by atoms with Gasteiger partial charge in [-0.05, 0) is 34.7 Å². The predicted octanol–water partition coefficient (Wildman–Crippen LogP) is 4.71. The fourth-order valence-electron chi connectivity index (χ4n) is 2.24. The third-order valence-corrected chi connectivity index (χ3v) is 4.01. The largest absolute Gasteiger partial charge is 0.478 e. The van der Waals surface area contributed by atoms with Crippen LogP contribution in [0, 0.1) is 0 Å². The Hall–Kier alpha value is -2.00. The molecule has 0 spiro atoms. The molecule has 0 aliphatic rings. The summed E-state index contributed by atoms with van der Waals surface area (Å²) < 4.78 is 5.64. The van der Waals surface area contributed by atoms with Gasteiger partial charge in [-0.15, -0.1) is 0 Å². The van der Waals surface area contributed by atoms with E-state index >= 15 is 0 Å². The van der Waals surface area contributed by atoms with Crippen LogP contribution in [0.1, 0.15) is 31.9 Å². The van der Waals surface area contributed by atoms with Crippen LogP contribution in [-0.4, -0.2) is 17.2 Å². The van der Waals surface area contributed by atoms with Crippen molar-refractivity contribution in [2.45, 2.75) is 38.7 Å². The SMILES string of the molecule is CC(C)(C)c1ccc(O[C@@H](Cc2ccccc2Cl)C(=O)O)cc1. The van der Waals surface area contributed by atoms with E-state index < -0.39 is 12.1 Å². The van der Waals surface area contributed by atoms with Gasteiger partial charge in [-0.1, -0.05) is 62.7 Å². The molecular formula is C19H21ClO3. The minimum absolute atomic E-state index is 0.0439. The molecule has 0 saturated heterocycles. The Morgan fingerprint density at radius 1 is 1.13 bits per heavy atom. The van der Waals surface area contributed by atoms with Crippen LogP contribution in [0.4, 0.5) is 0 Å². The van der Waals surface area contributed by atoms with Crippen LogP contribution in [-0.2, 0) is 16.6 Å². The van der Waals surface area contributed by atoms with Gasteiger partial charge in [-0.25, -0.2) is 4.79 Å². The standard InChI is InChI=1S/C19H21ClO3/c1-19(2,3)14-8-10-15(11-9-14)23-17(18(21)22)12-13-6-4-5-7-16(13)20/h4-11,17H,12H2,1-3H3,(H,21,22)/t17-/m0/s1. The first kappa shape index (κ1) is 17.4. The van der Waals surface area contributed by atoms with Gasteiger partial charge in [-0.2, -0.15) is 0 Å². The highest BCUT2D eigenvalue weighted by atomic mass is 35.5. The van der Waals surface area contributed by atoms with Gasteiger partial charge in [0.2, 0.25) is 0 Å². The molecule has 3 nitrogen and oxygen atoms in total. The van der Waals surface area contributed by atoms with Gasteiger partial charge in [0, 0.05) is 11.4 Å². The number of carbonyl (C=O) groups is 1. The van der Waals surface area contributed by atoms with Crippen molar-refractivity contribution < 1.29 is 14.6 Å². The van der Waals surface area contributed by atoms with Crippen molar-refractivity contribution in [1.82, 2.24) is 0 Å². The molecule has 4 heteroatoms. The number of benzene rings is 2. The zero-order valence-electron chi connectivity index (χ0n) is 13.5. The zero-order valence-corrected chi connectivity index (χ0v) is 14.3. The van der Waals surface area contributed by atoms with Crippen molar-refractivity contribution >= 4 is 17.6 Å². The lowest BCUT2D eigenvalue weighted by Crippen LogP contribution is -2.29. The van der Waals surface area contributed by atoms with Crippen LogP contribution in [0.5, 0.6) is 5.75 Å². The molecule has 23 heavy (non-hydrogen) atoms. The summed E-state index contributed by atoms with van der Waals surface area (Å²) in [6, 6.07) is 14.7. The third kappa shape index (κ3) is 4.73. The molecule has 0 amide bonds. The van der Waals surface area contributed by atoms with Crippen LogP contribution in [0.15, 0.2) is 48.5 Å². The first-order chi connectivity index (χ1) is 10.8. The van der Waals surface area contributed by atoms with Gasteiger partial charge >= 0.3 is 5.97 Å². The second-order valence-electron chi connectivity index (χ2n) is 6.51. The van der Waals surface area contributed by atoms with E-state index in [0.29, 0.717) is 10.8 Å². The molecule has 0 aliphatic carbocycles. The normalized spacial score (nSPS) is 12.7. The van der Waals surface area contributed by atoms with Crippen molar-refractivity contribution in [3.05, 3.63) is 64.7 Å². The number of rotatable bonds is 5. The lowest BCUT2D eigenvalue weighted by Gasteiger charge is -2.20. The van der Waals surface area contributed by atoms with Crippen molar-refractivity contribution in [2.24, 2.45) is 0 Å². The Kier molecular flexibility index (Phi) is 5.32. The Balaban J connectivity index is 2.14. The van der Waals surface area contributed by atoms with E-state index in [1.807, 2.05) is 42.5 Å². The quantitative estimate of drug-likeness (QED) is 0.862. The maximum absolute atomic E-state index is 11.5. The van der Waals surface area contributed by atoms with E-state index in [4.69, 9.17) is 16.3 Å². The second-order valence-corrected chi connectivity index (χ2v) is 6.92. The highest BCUT2D eigenvalue weighted by Crippen LogP contribution is 2.25. The number of hydrogen-bond acceptors (Lipinski definition) is 2. The summed E-state index contributed by atoms with van der Waals surface area (Å²) >= 11 is 6.10. The molecule has 0 saturated carbocycles. The average molecular weight is 333 g/mol. The summed E-state index contributed by atoms with van der Waals surface area (Å²) in [7, 11) is 0. The predicted molar refractivity (Wildman–Crippen MR) is 92.3 cm³/mol. The maximum atomic E-state index is 11.5. The van der Waals surface area contributed by atoms with Gasteiger partial charge in [0.1, 0.15) is 5.75 Å². The molecule has 2 aromatic carbocycles. The molecule has 0 unspecified atom stereocenters. The first-order valence-electron chi connectivity index (χ1n) is 7.51. The molecule has 0 aromatic heterocycles. The van der Waals surface area contributed by atoms with Crippen LogP contribution in [0.25, 0.3) is 0 Å². The third-order valence-electron chi connectivity index (χ3n) is 3.64. The van der Waals surface area contributed by atoms with E-state index in [2.05, 4.69) is 20.8 Å². The lowest BCUT2D eigenvalue weighted by atomic mass is 9.87. The van der Waals surface area contributed by atoms with Crippen LogP contribution >= 0.6 is 11.6 Å². The Bertz CT molecular complexity index is 672. The van der Waals surface area contributed by atoms with E-state index in [0.717, 1.165) is 5.56 Å². The highest BCUT2D eigenvalue weighted by Gasteiger charge is 2.21. The first-order valence-corrected chi connectivity index (χ1v) is 7.88. The molecule has 0 fully saturated rings. The van der Waals surface area contributed by atoms with Crippen molar-refractivity contribution in [3.8, 4) is 5.75 Å². The van der Waals surface area contributed by atoms with Crippen LogP contribution < -0.4 is 4.74 Å². The summed E-state index contributed by atoms with van der Waals surface area (Å²) in [6.07, 6.45) is -0.758. The highest BCUT2D eigenvalue weighted by molar-refractivity contribution is 6.31. The van der Waals surface area contributed by atoms with E-state index in [9.17, 15) is 9.90 Å². The van der Waals surface area contributed by atoms with Crippen LogP contribution in [0.2, 0.25) is 5.02 Å². The molecule has 0 radical (unpaired) electrons. The van der Waals surface area contributed by atoms with Crippen LogP contribution in [0.3, 0.4) is 0 Å². The van der Waals surface area contributed by atoms with Gasteiger partial charge in [0.05, 0.1) is 0 Å². The Morgan fingerprint density at radius 2 is 1.74 bits per heavy atom. The van der Waals surface area contributed by atoms with Gasteiger partial charge in [0.15, 0.2) is 6.10 Å². The second kappa shape index (κ2) is 7.05. The number of halogens is 1. The molecule has 2 rings (SSSR count). The summed E-state index contributed by atoms with van der Waals surface area (Å²) in [5.41, 5.74) is 1.97.